The summed E-state index contributed by atoms with van der Waals surface area (Å²) in [5.41, 5.74) is 5.11. The molecule has 2 heteroatoms. The molecule has 0 radical (unpaired) electrons. The maximum Gasteiger partial charge on any atom is 0.254 e. The topological polar surface area (TPSA) is 20.3 Å². The molecule has 0 fully saturated rings. The highest BCUT2D eigenvalue weighted by Crippen LogP contribution is 2.22. The molecule has 29 heavy (non-hydrogen) atoms. The lowest BCUT2D eigenvalue weighted by Crippen LogP contribution is -2.30. The molecule has 0 bridgehead atoms. The molecular formula is C27H23NO. The van der Waals surface area contributed by atoms with Crippen molar-refractivity contribution in [2.75, 3.05) is 0 Å². The second kappa shape index (κ2) is 9.03. The fraction of sp³-hybridized carbons (Fsp3) is 0.0741. The molecule has 0 aliphatic rings. The molecule has 0 N–H and O–H groups in total. The monoisotopic (exact) mass is 377 g/mol. The summed E-state index contributed by atoms with van der Waals surface area (Å²) in [5, 5.41) is 0. The molecule has 0 aliphatic heterocycles. The van der Waals surface area contributed by atoms with Gasteiger partial charge in [0.15, 0.2) is 0 Å². The van der Waals surface area contributed by atoms with E-state index in [1.165, 1.54) is 0 Å². The molecule has 0 aromatic heterocycles. The van der Waals surface area contributed by atoms with Crippen molar-refractivity contribution in [3.05, 3.63) is 132 Å². The summed E-state index contributed by atoms with van der Waals surface area (Å²) >= 11 is 0. The van der Waals surface area contributed by atoms with Crippen molar-refractivity contribution in [1.82, 2.24) is 4.90 Å². The summed E-state index contributed by atoms with van der Waals surface area (Å²) in [7, 11) is 0. The van der Waals surface area contributed by atoms with E-state index in [0.717, 1.165) is 22.3 Å². The molecule has 0 atom stereocenters. The minimum Gasteiger partial charge on any atom is -0.330 e. The lowest BCUT2D eigenvalue weighted by Gasteiger charge is -2.23. The average molecular weight is 377 g/mol. The van der Waals surface area contributed by atoms with Crippen LogP contribution in [0.15, 0.2) is 115 Å². The Hall–Kier alpha value is -3.65. The van der Waals surface area contributed by atoms with Crippen molar-refractivity contribution in [2.45, 2.75) is 13.1 Å². The number of hydrogen-bond acceptors (Lipinski definition) is 1. The third-order valence-corrected chi connectivity index (χ3v) is 4.94. The molecule has 142 valence electrons. The Morgan fingerprint density at radius 2 is 1.03 bits per heavy atom. The van der Waals surface area contributed by atoms with Crippen molar-refractivity contribution in [2.24, 2.45) is 0 Å². The van der Waals surface area contributed by atoms with Gasteiger partial charge in [-0.25, -0.2) is 0 Å². The lowest BCUT2D eigenvalue weighted by atomic mass is 10.0. The molecule has 0 saturated carbocycles. The predicted molar refractivity (Wildman–Crippen MR) is 118 cm³/mol. The second-order valence-electron chi connectivity index (χ2n) is 7.08. The largest absolute Gasteiger partial charge is 0.330 e. The van der Waals surface area contributed by atoms with E-state index in [1.54, 1.807) is 0 Å². The standard InChI is InChI=1S/C27H23NO/c29-27(26-18-10-17-25(19-26)24-15-8-3-9-16-24)28(20-22-11-4-1-5-12-22)21-23-13-6-2-7-14-23/h1-19H,20-21H2. The van der Waals surface area contributed by atoms with E-state index in [-0.39, 0.29) is 5.91 Å². The van der Waals surface area contributed by atoms with Gasteiger partial charge in [0, 0.05) is 18.7 Å². The SMILES string of the molecule is O=C(c1cccc(-c2ccccc2)c1)N(Cc1ccccc1)Cc1ccccc1. The van der Waals surface area contributed by atoms with Gasteiger partial charge in [-0.3, -0.25) is 4.79 Å². The Morgan fingerprint density at radius 1 is 0.552 bits per heavy atom. The molecule has 1 amide bonds. The zero-order valence-corrected chi connectivity index (χ0v) is 16.2. The molecule has 4 aromatic rings. The quantitative estimate of drug-likeness (QED) is 0.392. The van der Waals surface area contributed by atoms with E-state index in [9.17, 15) is 4.79 Å². The van der Waals surface area contributed by atoms with Crippen molar-refractivity contribution in [3.8, 4) is 11.1 Å². The Balaban J connectivity index is 1.64. The van der Waals surface area contributed by atoms with Crippen molar-refractivity contribution < 1.29 is 4.79 Å². The third-order valence-electron chi connectivity index (χ3n) is 4.94. The first kappa shape index (κ1) is 18.7. The van der Waals surface area contributed by atoms with Gasteiger partial charge in [0.25, 0.3) is 5.91 Å². The van der Waals surface area contributed by atoms with Gasteiger partial charge in [0.05, 0.1) is 0 Å². The summed E-state index contributed by atoms with van der Waals surface area (Å²) in [6, 6.07) is 38.3. The van der Waals surface area contributed by atoms with Crippen LogP contribution in [0.4, 0.5) is 0 Å². The van der Waals surface area contributed by atoms with Crippen LogP contribution in [0, 0.1) is 0 Å². The zero-order valence-electron chi connectivity index (χ0n) is 16.2. The number of carbonyl (C=O) groups is 1. The van der Waals surface area contributed by atoms with Crippen LogP contribution in [0.5, 0.6) is 0 Å². The zero-order chi connectivity index (χ0) is 19.9. The van der Waals surface area contributed by atoms with Crippen LogP contribution in [-0.4, -0.2) is 10.8 Å². The van der Waals surface area contributed by atoms with E-state index in [1.807, 2.05) is 83.8 Å². The van der Waals surface area contributed by atoms with Gasteiger partial charge in [-0.2, -0.15) is 0 Å². The lowest BCUT2D eigenvalue weighted by molar-refractivity contribution is 0.0730. The highest BCUT2D eigenvalue weighted by atomic mass is 16.2. The Morgan fingerprint density at radius 3 is 1.59 bits per heavy atom. The molecule has 0 unspecified atom stereocenters. The maximum atomic E-state index is 13.5. The van der Waals surface area contributed by atoms with Crippen molar-refractivity contribution in [1.29, 1.82) is 0 Å². The van der Waals surface area contributed by atoms with Crippen LogP contribution in [-0.2, 0) is 13.1 Å². The summed E-state index contributed by atoms with van der Waals surface area (Å²) < 4.78 is 0. The minimum absolute atomic E-state index is 0.0375. The van der Waals surface area contributed by atoms with Crippen LogP contribution in [0.2, 0.25) is 0 Å². The maximum absolute atomic E-state index is 13.5. The number of rotatable bonds is 6. The Bertz CT molecular complexity index is 1020. The number of benzene rings is 4. The van der Waals surface area contributed by atoms with Crippen LogP contribution < -0.4 is 0 Å². The summed E-state index contributed by atoms with van der Waals surface area (Å²) in [6.45, 7) is 1.15. The molecular weight excluding hydrogens is 354 g/mol. The number of nitrogens with zero attached hydrogens (tertiary/aromatic N) is 1. The number of amides is 1. The Kier molecular flexibility index (Phi) is 5.82. The predicted octanol–water partition coefficient (Wildman–Crippen LogP) is 6.20. The third kappa shape index (κ3) is 4.80. The fourth-order valence-electron chi connectivity index (χ4n) is 3.45. The van der Waals surface area contributed by atoms with Gasteiger partial charge in [-0.1, -0.05) is 103 Å². The van der Waals surface area contributed by atoms with Gasteiger partial charge >= 0.3 is 0 Å². The first-order valence-electron chi connectivity index (χ1n) is 9.82. The first-order valence-corrected chi connectivity index (χ1v) is 9.82. The number of hydrogen-bond donors (Lipinski definition) is 0. The van der Waals surface area contributed by atoms with Crippen LogP contribution in [0.1, 0.15) is 21.5 Å². The highest BCUT2D eigenvalue weighted by Gasteiger charge is 2.17. The molecule has 0 spiro atoms. The second-order valence-corrected chi connectivity index (χ2v) is 7.08. The van der Waals surface area contributed by atoms with Gasteiger partial charge < -0.3 is 4.90 Å². The van der Waals surface area contributed by atoms with E-state index < -0.39 is 0 Å². The van der Waals surface area contributed by atoms with E-state index in [0.29, 0.717) is 18.7 Å². The van der Waals surface area contributed by atoms with Gasteiger partial charge in [0.2, 0.25) is 0 Å². The number of carbonyl (C=O) groups excluding carboxylic acids is 1. The normalized spacial score (nSPS) is 10.5. The van der Waals surface area contributed by atoms with Gasteiger partial charge in [-0.05, 0) is 34.4 Å². The first-order chi connectivity index (χ1) is 14.3. The van der Waals surface area contributed by atoms with E-state index >= 15 is 0 Å². The van der Waals surface area contributed by atoms with E-state index in [2.05, 4.69) is 36.4 Å². The van der Waals surface area contributed by atoms with Crippen LogP contribution in [0.3, 0.4) is 0 Å². The summed E-state index contributed by atoms with van der Waals surface area (Å²) in [4.78, 5) is 15.4. The minimum atomic E-state index is 0.0375. The molecule has 0 aliphatic carbocycles. The van der Waals surface area contributed by atoms with Crippen LogP contribution in [0.25, 0.3) is 11.1 Å². The fourth-order valence-corrected chi connectivity index (χ4v) is 3.45. The van der Waals surface area contributed by atoms with E-state index in [4.69, 9.17) is 0 Å². The summed E-state index contributed by atoms with van der Waals surface area (Å²) in [5.74, 6) is 0.0375. The average Bonchev–Trinajstić information content (AvgIpc) is 2.80. The van der Waals surface area contributed by atoms with Crippen molar-refractivity contribution >= 4 is 5.91 Å². The molecule has 4 rings (SSSR count). The van der Waals surface area contributed by atoms with Gasteiger partial charge in [-0.15, -0.1) is 0 Å². The Labute approximate surface area is 172 Å². The van der Waals surface area contributed by atoms with Gasteiger partial charge in [0.1, 0.15) is 0 Å². The summed E-state index contributed by atoms with van der Waals surface area (Å²) in [6.07, 6.45) is 0. The molecule has 0 heterocycles. The molecule has 0 saturated heterocycles. The van der Waals surface area contributed by atoms with Crippen LogP contribution >= 0.6 is 0 Å². The smallest absolute Gasteiger partial charge is 0.254 e. The van der Waals surface area contributed by atoms with Crippen molar-refractivity contribution in [3.63, 3.8) is 0 Å². The highest BCUT2D eigenvalue weighted by molar-refractivity contribution is 5.95. The molecule has 4 aromatic carbocycles. The molecule has 2 nitrogen and oxygen atoms in total.